The highest BCUT2D eigenvalue weighted by Gasteiger charge is 2.51. The van der Waals surface area contributed by atoms with Gasteiger partial charge in [0.25, 0.3) is 5.91 Å². The summed E-state index contributed by atoms with van der Waals surface area (Å²) < 4.78 is 21.5. The molecular formula is C26H32FNO5. The van der Waals surface area contributed by atoms with Crippen molar-refractivity contribution in [3.8, 4) is 5.75 Å². The molecule has 1 aromatic carbocycles. The van der Waals surface area contributed by atoms with Gasteiger partial charge in [-0.25, -0.2) is 9.18 Å². The van der Waals surface area contributed by atoms with Gasteiger partial charge >= 0.3 is 5.97 Å². The summed E-state index contributed by atoms with van der Waals surface area (Å²) in [5, 5.41) is 19.3. The van der Waals surface area contributed by atoms with Crippen LogP contribution in [0.3, 0.4) is 0 Å². The second-order valence-corrected chi connectivity index (χ2v) is 11.6. The van der Waals surface area contributed by atoms with Crippen molar-refractivity contribution in [3.63, 3.8) is 0 Å². The predicted octanol–water partition coefficient (Wildman–Crippen LogP) is 3.96. The van der Waals surface area contributed by atoms with E-state index < -0.39 is 29.8 Å². The number of amides is 1. The highest BCUT2D eigenvalue weighted by molar-refractivity contribution is 5.97. The Morgan fingerprint density at radius 3 is 2.27 bits per heavy atom. The molecule has 6 nitrogen and oxygen atoms in total. The van der Waals surface area contributed by atoms with Gasteiger partial charge in [0.15, 0.2) is 0 Å². The largest absolute Gasteiger partial charge is 0.493 e. The Morgan fingerprint density at radius 2 is 1.70 bits per heavy atom. The molecular weight excluding hydrogens is 425 g/mol. The zero-order valence-corrected chi connectivity index (χ0v) is 18.8. The van der Waals surface area contributed by atoms with Gasteiger partial charge in [-0.05, 0) is 86.7 Å². The average molecular weight is 458 g/mol. The van der Waals surface area contributed by atoms with E-state index in [0.717, 1.165) is 41.1 Å². The van der Waals surface area contributed by atoms with Crippen LogP contribution in [0.25, 0.3) is 0 Å². The maximum Gasteiger partial charge on any atom is 0.326 e. The lowest BCUT2D eigenvalue weighted by Gasteiger charge is -2.56. The molecule has 178 valence electrons. The molecule has 1 amide bonds. The molecule has 1 heterocycles. The molecule has 6 fully saturated rings. The molecule has 1 aromatic rings. The number of halogens is 1. The molecule has 2 N–H and O–H groups in total. The number of carboxylic acid groups (broad SMARTS) is 1. The standard InChI is InChI=1S/C26H32FNO5/c27-21-8-23(33-13-26-9-14-3-15(10-26)5-16(4-14)11-26)19(17-1-2-17)7-20(21)24(30)28-12-18(29)6-22(28)25(31)32/h7-8,14-18,22,29H,1-6,9-13H2,(H,31,32). The van der Waals surface area contributed by atoms with E-state index in [4.69, 9.17) is 4.74 Å². The molecule has 0 aromatic heterocycles. The molecule has 4 bridgehead atoms. The quantitative estimate of drug-likeness (QED) is 0.675. The zero-order valence-electron chi connectivity index (χ0n) is 18.8. The first-order valence-electron chi connectivity index (χ1n) is 12.5. The van der Waals surface area contributed by atoms with Gasteiger partial charge in [-0.15, -0.1) is 0 Å². The minimum absolute atomic E-state index is 0.0373. The van der Waals surface area contributed by atoms with Crippen LogP contribution < -0.4 is 4.74 Å². The minimum atomic E-state index is -1.18. The van der Waals surface area contributed by atoms with Crippen molar-refractivity contribution >= 4 is 11.9 Å². The van der Waals surface area contributed by atoms with Crippen LogP contribution in [-0.4, -0.2) is 52.3 Å². The van der Waals surface area contributed by atoms with Crippen molar-refractivity contribution in [1.29, 1.82) is 0 Å². The number of β-amino-alcohol motifs (C(OH)–C–C–N with tert-alkyl or cyclic N) is 1. The van der Waals surface area contributed by atoms with Crippen LogP contribution in [0, 0.1) is 29.0 Å². The summed E-state index contributed by atoms with van der Waals surface area (Å²) in [7, 11) is 0. The monoisotopic (exact) mass is 457 g/mol. The van der Waals surface area contributed by atoms with Crippen molar-refractivity contribution in [2.24, 2.45) is 23.2 Å². The van der Waals surface area contributed by atoms with E-state index in [1.807, 2.05) is 0 Å². The number of ether oxygens (including phenoxy) is 1. The third kappa shape index (κ3) is 3.82. The van der Waals surface area contributed by atoms with Crippen LogP contribution in [0.4, 0.5) is 4.39 Å². The van der Waals surface area contributed by atoms with Crippen LogP contribution in [0.15, 0.2) is 12.1 Å². The van der Waals surface area contributed by atoms with Crippen LogP contribution in [0.5, 0.6) is 5.75 Å². The number of benzene rings is 1. The first-order chi connectivity index (χ1) is 15.8. The average Bonchev–Trinajstić information content (AvgIpc) is 3.51. The smallest absolute Gasteiger partial charge is 0.326 e. The fraction of sp³-hybridized carbons (Fsp3) is 0.692. The number of carboxylic acids is 1. The van der Waals surface area contributed by atoms with Crippen LogP contribution >= 0.6 is 0 Å². The van der Waals surface area contributed by atoms with Crippen LogP contribution in [0.2, 0.25) is 0 Å². The second-order valence-electron chi connectivity index (χ2n) is 11.6. The number of aliphatic hydroxyl groups excluding tert-OH is 1. The Bertz CT molecular complexity index is 954. The number of likely N-dealkylation sites (tertiary alicyclic amines) is 1. The van der Waals surface area contributed by atoms with Crippen molar-refractivity contribution < 1.29 is 28.9 Å². The molecule has 6 aliphatic rings. The first-order valence-corrected chi connectivity index (χ1v) is 12.5. The number of aliphatic carboxylic acids is 1. The van der Waals surface area contributed by atoms with E-state index in [1.54, 1.807) is 6.07 Å². The van der Waals surface area contributed by atoms with Gasteiger partial charge in [-0.2, -0.15) is 0 Å². The lowest BCUT2D eigenvalue weighted by Crippen LogP contribution is -2.48. The predicted molar refractivity (Wildman–Crippen MR) is 118 cm³/mol. The van der Waals surface area contributed by atoms with Crippen LogP contribution in [0.1, 0.15) is 79.6 Å². The van der Waals surface area contributed by atoms with Crippen LogP contribution in [-0.2, 0) is 4.79 Å². The molecule has 5 aliphatic carbocycles. The number of hydrogen-bond acceptors (Lipinski definition) is 4. The second kappa shape index (κ2) is 7.69. The van der Waals surface area contributed by atoms with E-state index in [-0.39, 0.29) is 29.9 Å². The number of hydrogen-bond donors (Lipinski definition) is 2. The fourth-order valence-electron chi connectivity index (χ4n) is 7.70. The van der Waals surface area contributed by atoms with Gasteiger partial charge < -0.3 is 19.8 Å². The molecule has 2 atom stereocenters. The molecule has 7 rings (SSSR count). The van der Waals surface area contributed by atoms with Gasteiger partial charge in [-0.1, -0.05) is 0 Å². The number of rotatable bonds is 6. The first kappa shape index (κ1) is 21.4. The van der Waals surface area contributed by atoms with Crippen molar-refractivity contribution in [3.05, 3.63) is 29.1 Å². The third-order valence-electron chi connectivity index (χ3n) is 8.87. The zero-order chi connectivity index (χ0) is 22.9. The highest BCUT2D eigenvalue weighted by atomic mass is 19.1. The molecule has 0 spiro atoms. The molecule has 33 heavy (non-hydrogen) atoms. The SMILES string of the molecule is O=C(O)C1CC(O)CN1C(=O)c1cc(C2CC2)c(OCC23CC4CC(CC(C4)C2)C3)cc1F. The number of aliphatic hydroxyl groups is 1. The summed E-state index contributed by atoms with van der Waals surface area (Å²) in [4.78, 5) is 25.7. The fourth-order valence-corrected chi connectivity index (χ4v) is 7.70. The normalized spacial score (nSPS) is 36.9. The van der Waals surface area contributed by atoms with Gasteiger partial charge in [0.2, 0.25) is 0 Å². The van der Waals surface area contributed by atoms with Gasteiger partial charge in [-0.3, -0.25) is 4.79 Å². The maximum atomic E-state index is 15.2. The Labute approximate surface area is 193 Å². The highest BCUT2D eigenvalue weighted by Crippen LogP contribution is 2.60. The number of carbonyl (C=O) groups is 2. The van der Waals surface area contributed by atoms with Crippen molar-refractivity contribution in [1.82, 2.24) is 4.90 Å². The maximum absolute atomic E-state index is 15.2. The van der Waals surface area contributed by atoms with Crippen molar-refractivity contribution in [2.45, 2.75) is 75.9 Å². The molecule has 2 unspecified atom stereocenters. The van der Waals surface area contributed by atoms with E-state index in [1.165, 1.54) is 44.6 Å². The molecule has 0 radical (unpaired) electrons. The Hall–Kier alpha value is -2.15. The number of carbonyl (C=O) groups excluding carboxylic acids is 1. The Morgan fingerprint density at radius 1 is 1.06 bits per heavy atom. The molecule has 1 aliphatic heterocycles. The molecule has 1 saturated heterocycles. The Balaban J connectivity index is 1.24. The van der Waals surface area contributed by atoms with E-state index >= 15 is 4.39 Å². The lowest BCUT2D eigenvalue weighted by molar-refractivity contribution is -0.141. The van der Waals surface area contributed by atoms with E-state index in [2.05, 4.69) is 0 Å². The Kier molecular flexibility index (Phi) is 4.98. The summed E-state index contributed by atoms with van der Waals surface area (Å²) in [6, 6.07) is 1.78. The minimum Gasteiger partial charge on any atom is -0.493 e. The molecule has 7 heteroatoms. The van der Waals surface area contributed by atoms with Gasteiger partial charge in [0, 0.05) is 24.4 Å². The summed E-state index contributed by atoms with van der Waals surface area (Å²) in [6.45, 7) is 0.515. The molecule has 5 saturated carbocycles. The summed E-state index contributed by atoms with van der Waals surface area (Å²) in [6.07, 6.45) is 8.73. The number of nitrogens with zero attached hydrogens (tertiary/aromatic N) is 1. The lowest BCUT2D eigenvalue weighted by atomic mass is 9.50. The topological polar surface area (TPSA) is 87.1 Å². The van der Waals surface area contributed by atoms with E-state index in [9.17, 15) is 19.8 Å². The van der Waals surface area contributed by atoms with Gasteiger partial charge in [0.05, 0.1) is 18.3 Å². The summed E-state index contributed by atoms with van der Waals surface area (Å²) in [5.74, 6) is 0.702. The summed E-state index contributed by atoms with van der Waals surface area (Å²) in [5.41, 5.74) is 0.941. The van der Waals surface area contributed by atoms with E-state index in [0.29, 0.717) is 12.4 Å². The summed E-state index contributed by atoms with van der Waals surface area (Å²) >= 11 is 0. The third-order valence-corrected chi connectivity index (χ3v) is 8.87. The van der Waals surface area contributed by atoms with Crippen molar-refractivity contribution in [2.75, 3.05) is 13.2 Å². The van der Waals surface area contributed by atoms with Gasteiger partial charge in [0.1, 0.15) is 17.6 Å².